The first-order valence-electron chi connectivity index (χ1n) is 14.1. The van der Waals surface area contributed by atoms with E-state index >= 15 is 4.39 Å². The Morgan fingerprint density at radius 2 is 1.74 bits per heavy atom. The molecule has 9 nitrogen and oxygen atoms in total. The highest BCUT2D eigenvalue weighted by Gasteiger charge is 2.48. The number of nitrogens with zero attached hydrogens (tertiary/aromatic N) is 3. The Kier molecular flexibility index (Phi) is 8.00. The van der Waals surface area contributed by atoms with Gasteiger partial charge in [-0.3, -0.25) is 9.36 Å². The Balaban J connectivity index is 1.38. The third-order valence-corrected chi connectivity index (χ3v) is 9.87. The van der Waals surface area contributed by atoms with Gasteiger partial charge in [0.15, 0.2) is 0 Å². The fourth-order valence-corrected chi connectivity index (χ4v) is 6.99. The topological polar surface area (TPSA) is 104 Å². The summed E-state index contributed by atoms with van der Waals surface area (Å²) in [6, 6.07) is 15.8. The Bertz CT molecular complexity index is 2060. The van der Waals surface area contributed by atoms with Crippen molar-refractivity contribution in [3.05, 3.63) is 106 Å². The first kappa shape index (κ1) is 31.1. The molecule has 0 atom stereocenters. The molecule has 0 unspecified atom stereocenters. The Morgan fingerprint density at radius 3 is 2.37 bits per heavy atom. The summed E-state index contributed by atoms with van der Waals surface area (Å²) in [6.45, 7) is -0.113. The van der Waals surface area contributed by atoms with Gasteiger partial charge in [0.1, 0.15) is 23.6 Å². The molecule has 0 saturated heterocycles. The molecule has 6 rings (SSSR count). The SMILES string of the molecule is COc1ccc(CN(c2ncco2)S(=O)(=O)c2ccc3c(ccc(=O)n3-c3cc(F)c(C4CC(C(F)(F)F)C4)cc3OC)c2)cc1. The average molecular weight is 658 g/mol. The maximum Gasteiger partial charge on any atom is 0.391 e. The van der Waals surface area contributed by atoms with Gasteiger partial charge in [0, 0.05) is 17.5 Å². The summed E-state index contributed by atoms with van der Waals surface area (Å²) in [5.41, 5.74) is 0.408. The third kappa shape index (κ3) is 5.68. The molecule has 2 aromatic heterocycles. The molecule has 0 N–H and O–H groups in total. The maximum absolute atomic E-state index is 15.4. The lowest BCUT2D eigenvalue weighted by molar-refractivity contribution is -0.197. The Hall–Kier alpha value is -4.85. The molecule has 5 aromatic rings. The molecule has 1 aliphatic carbocycles. The van der Waals surface area contributed by atoms with Crippen molar-refractivity contribution in [1.29, 1.82) is 0 Å². The van der Waals surface area contributed by atoms with Crippen molar-refractivity contribution in [2.24, 2.45) is 5.92 Å². The van der Waals surface area contributed by atoms with Gasteiger partial charge in [-0.15, -0.1) is 0 Å². The molecule has 1 saturated carbocycles. The summed E-state index contributed by atoms with van der Waals surface area (Å²) in [5.74, 6) is -2.24. The number of benzene rings is 3. The summed E-state index contributed by atoms with van der Waals surface area (Å²) in [7, 11) is -1.45. The van der Waals surface area contributed by atoms with Gasteiger partial charge >= 0.3 is 12.2 Å². The quantitative estimate of drug-likeness (QED) is 0.165. The fourth-order valence-electron chi connectivity index (χ4n) is 5.60. The van der Waals surface area contributed by atoms with E-state index in [2.05, 4.69) is 4.98 Å². The monoisotopic (exact) mass is 657 g/mol. The molecule has 1 fully saturated rings. The van der Waals surface area contributed by atoms with Crippen LogP contribution in [0, 0.1) is 11.7 Å². The van der Waals surface area contributed by atoms with Crippen LogP contribution in [0.3, 0.4) is 0 Å². The number of rotatable bonds is 9. The number of anilines is 1. The van der Waals surface area contributed by atoms with E-state index in [9.17, 15) is 26.4 Å². The summed E-state index contributed by atoms with van der Waals surface area (Å²) in [5, 5.41) is 0.330. The number of aromatic nitrogens is 2. The maximum atomic E-state index is 15.4. The molecule has 3 aromatic carbocycles. The molecule has 1 aliphatic rings. The summed E-state index contributed by atoms with van der Waals surface area (Å²) in [6.07, 6.45) is -2.25. The number of sulfonamides is 1. The van der Waals surface area contributed by atoms with Crippen LogP contribution in [-0.4, -0.2) is 38.4 Å². The molecular formula is C32H27F4N3O6S. The van der Waals surface area contributed by atoms with Crippen molar-refractivity contribution in [3.63, 3.8) is 0 Å². The average Bonchev–Trinajstić information content (AvgIpc) is 3.53. The zero-order chi connectivity index (χ0) is 32.8. The van der Waals surface area contributed by atoms with Gasteiger partial charge in [0.25, 0.3) is 15.6 Å². The molecule has 0 amide bonds. The Labute approximate surface area is 260 Å². The van der Waals surface area contributed by atoms with Crippen molar-refractivity contribution < 1.29 is 39.9 Å². The number of hydrogen-bond donors (Lipinski definition) is 0. The van der Waals surface area contributed by atoms with E-state index in [4.69, 9.17) is 13.9 Å². The van der Waals surface area contributed by atoms with Crippen LogP contribution in [0.1, 0.15) is 29.9 Å². The van der Waals surface area contributed by atoms with Gasteiger partial charge in [-0.1, -0.05) is 12.1 Å². The van der Waals surface area contributed by atoms with Gasteiger partial charge in [-0.2, -0.15) is 13.2 Å². The van der Waals surface area contributed by atoms with Crippen LogP contribution in [0.4, 0.5) is 23.6 Å². The number of ether oxygens (including phenoxy) is 2. The van der Waals surface area contributed by atoms with Gasteiger partial charge < -0.3 is 13.9 Å². The zero-order valence-corrected chi connectivity index (χ0v) is 25.3. The third-order valence-electron chi connectivity index (χ3n) is 8.15. The second-order valence-electron chi connectivity index (χ2n) is 10.9. The molecular weight excluding hydrogens is 630 g/mol. The standard InChI is InChI=1S/C32H27F4N3O6S/c1-43-23-6-3-19(4-7-23)18-38(31-37-11-12-45-31)46(41,42)24-8-9-27-20(15-24)5-10-30(40)39(27)28-17-26(33)25(16-29(28)44-2)21-13-22(14-21)32(34,35)36/h3-12,15-17,21-22H,13-14,18H2,1-2H3. The van der Waals surface area contributed by atoms with E-state index in [1.807, 2.05) is 0 Å². The molecule has 14 heteroatoms. The van der Waals surface area contributed by atoms with Gasteiger partial charge in [-0.05, 0) is 72.4 Å². The zero-order valence-electron chi connectivity index (χ0n) is 24.5. The number of fused-ring (bicyclic) bond motifs is 1. The molecule has 0 bridgehead atoms. The lowest BCUT2D eigenvalue weighted by Crippen LogP contribution is -2.34. The van der Waals surface area contributed by atoms with E-state index in [0.717, 1.165) is 10.4 Å². The summed E-state index contributed by atoms with van der Waals surface area (Å²) < 4.78 is 101. The molecule has 0 aliphatic heterocycles. The fraction of sp³-hybridized carbons (Fsp3) is 0.250. The van der Waals surface area contributed by atoms with Crippen molar-refractivity contribution >= 4 is 26.9 Å². The Morgan fingerprint density at radius 1 is 1.00 bits per heavy atom. The van der Waals surface area contributed by atoms with Crippen LogP contribution in [0.5, 0.6) is 11.5 Å². The predicted octanol–water partition coefficient (Wildman–Crippen LogP) is 6.59. The van der Waals surface area contributed by atoms with Crippen LogP contribution in [0.2, 0.25) is 0 Å². The van der Waals surface area contributed by atoms with Crippen molar-refractivity contribution in [1.82, 2.24) is 9.55 Å². The van der Waals surface area contributed by atoms with Crippen molar-refractivity contribution in [2.75, 3.05) is 18.5 Å². The smallest absolute Gasteiger partial charge is 0.391 e. The summed E-state index contributed by atoms with van der Waals surface area (Å²) >= 11 is 0. The molecule has 240 valence electrons. The van der Waals surface area contributed by atoms with Crippen LogP contribution < -0.4 is 19.3 Å². The van der Waals surface area contributed by atoms with E-state index in [1.54, 1.807) is 24.3 Å². The minimum Gasteiger partial charge on any atom is -0.497 e. The lowest BCUT2D eigenvalue weighted by atomic mass is 9.71. The normalized spacial score (nSPS) is 16.7. The number of pyridine rings is 1. The predicted molar refractivity (Wildman–Crippen MR) is 160 cm³/mol. The van der Waals surface area contributed by atoms with E-state index in [0.29, 0.717) is 16.7 Å². The number of oxazole rings is 1. The first-order valence-corrected chi connectivity index (χ1v) is 15.5. The molecule has 0 radical (unpaired) electrons. The molecule has 2 heterocycles. The van der Waals surface area contributed by atoms with Crippen LogP contribution in [-0.2, 0) is 16.6 Å². The number of hydrogen-bond acceptors (Lipinski definition) is 7. The number of alkyl halides is 3. The molecule has 0 spiro atoms. The number of halogens is 4. The van der Waals surface area contributed by atoms with Crippen LogP contribution in [0.15, 0.2) is 93.3 Å². The lowest BCUT2D eigenvalue weighted by Gasteiger charge is -2.37. The van der Waals surface area contributed by atoms with Gasteiger partial charge in [0.05, 0.1) is 49.0 Å². The molecule has 46 heavy (non-hydrogen) atoms. The van der Waals surface area contributed by atoms with Crippen LogP contribution in [0.25, 0.3) is 16.6 Å². The largest absolute Gasteiger partial charge is 0.497 e. The van der Waals surface area contributed by atoms with Gasteiger partial charge in [-0.25, -0.2) is 22.1 Å². The van der Waals surface area contributed by atoms with Crippen molar-refractivity contribution in [3.8, 4) is 17.2 Å². The van der Waals surface area contributed by atoms with Gasteiger partial charge in [0.2, 0.25) is 0 Å². The number of methoxy groups -OCH3 is 2. The van der Waals surface area contributed by atoms with Crippen molar-refractivity contribution in [2.45, 2.75) is 36.4 Å². The first-order chi connectivity index (χ1) is 21.9. The summed E-state index contributed by atoms with van der Waals surface area (Å²) in [4.78, 5) is 17.1. The highest BCUT2D eigenvalue weighted by atomic mass is 32.2. The van der Waals surface area contributed by atoms with E-state index in [-0.39, 0.29) is 52.8 Å². The second-order valence-corrected chi connectivity index (χ2v) is 12.7. The highest BCUT2D eigenvalue weighted by molar-refractivity contribution is 7.92. The second kappa shape index (κ2) is 11.8. The minimum absolute atomic E-state index is 0.0163. The van der Waals surface area contributed by atoms with E-state index in [1.165, 1.54) is 67.6 Å². The highest BCUT2D eigenvalue weighted by Crippen LogP contribution is 2.50. The van der Waals surface area contributed by atoms with E-state index < -0.39 is 39.4 Å². The van der Waals surface area contributed by atoms with Crippen LogP contribution >= 0.6 is 0 Å². The minimum atomic E-state index is -4.35.